The minimum atomic E-state index is -4.45. The molecule has 0 radical (unpaired) electrons. The first-order valence-corrected chi connectivity index (χ1v) is 5.99. The van der Waals surface area contributed by atoms with Crippen LogP contribution in [0.5, 0.6) is 0 Å². The molecule has 0 spiro atoms. The number of nitrogens with two attached hydrogens (primary N) is 1. The normalized spacial score (nSPS) is 11.4. The first-order chi connectivity index (χ1) is 10.2. The molecule has 0 aliphatic rings. The van der Waals surface area contributed by atoms with E-state index in [0.717, 1.165) is 16.7 Å². The Kier molecular flexibility index (Phi) is 3.89. The molecular weight excluding hydrogens is 303 g/mol. The molecule has 0 fully saturated rings. The van der Waals surface area contributed by atoms with E-state index < -0.39 is 27.9 Å². The van der Waals surface area contributed by atoms with Gasteiger partial charge in [0.2, 0.25) is 0 Å². The number of hydrogen-bond donors (Lipinski definition) is 1. The Morgan fingerprint density at radius 1 is 1.18 bits per heavy atom. The molecule has 0 aliphatic carbocycles. The molecule has 2 aromatic rings. The zero-order valence-corrected chi connectivity index (χ0v) is 11.0. The highest BCUT2D eigenvalue weighted by Gasteiger charge is 2.30. The van der Waals surface area contributed by atoms with Gasteiger partial charge in [0.15, 0.2) is 0 Å². The molecule has 0 atom stereocenters. The van der Waals surface area contributed by atoms with Gasteiger partial charge in [-0.3, -0.25) is 14.9 Å². The standard InChI is InChI=1S/C13H10F3N3O3/c14-13(15,16)9-3-1-8(2-4-9)7-18-6-5-10(17)11(12(18)20)19(21)22/h1-6H,7,17H2. The van der Waals surface area contributed by atoms with E-state index in [2.05, 4.69) is 0 Å². The lowest BCUT2D eigenvalue weighted by Gasteiger charge is -2.09. The number of halogens is 3. The topological polar surface area (TPSA) is 91.2 Å². The van der Waals surface area contributed by atoms with Crippen molar-refractivity contribution >= 4 is 11.4 Å². The second-order valence-electron chi connectivity index (χ2n) is 4.50. The summed E-state index contributed by atoms with van der Waals surface area (Å²) in [5, 5.41) is 10.8. The molecule has 0 amide bonds. The Hall–Kier alpha value is -2.84. The monoisotopic (exact) mass is 313 g/mol. The van der Waals surface area contributed by atoms with Gasteiger partial charge in [-0.25, -0.2) is 0 Å². The summed E-state index contributed by atoms with van der Waals surface area (Å²) in [5.41, 5.74) is 3.02. The summed E-state index contributed by atoms with van der Waals surface area (Å²) in [6.07, 6.45) is -3.20. The lowest BCUT2D eigenvalue weighted by Crippen LogP contribution is -2.23. The SMILES string of the molecule is Nc1ccn(Cc2ccc(C(F)(F)F)cc2)c(=O)c1[N+](=O)[O-]. The fraction of sp³-hybridized carbons (Fsp3) is 0.154. The number of benzene rings is 1. The third-order valence-electron chi connectivity index (χ3n) is 2.99. The predicted molar refractivity (Wildman–Crippen MR) is 72.3 cm³/mol. The molecule has 0 aliphatic heterocycles. The summed E-state index contributed by atoms with van der Waals surface area (Å²) in [7, 11) is 0. The van der Waals surface area contributed by atoms with E-state index in [9.17, 15) is 28.1 Å². The van der Waals surface area contributed by atoms with Crippen molar-refractivity contribution in [3.05, 3.63) is 68.1 Å². The molecule has 6 nitrogen and oxygen atoms in total. The van der Waals surface area contributed by atoms with Gasteiger partial charge in [0.05, 0.1) is 17.0 Å². The summed E-state index contributed by atoms with van der Waals surface area (Å²) >= 11 is 0. The van der Waals surface area contributed by atoms with Gasteiger partial charge in [0, 0.05) is 6.20 Å². The zero-order chi connectivity index (χ0) is 16.5. The number of pyridine rings is 1. The van der Waals surface area contributed by atoms with Crippen molar-refractivity contribution in [2.24, 2.45) is 0 Å². The van der Waals surface area contributed by atoms with Crippen LogP contribution >= 0.6 is 0 Å². The summed E-state index contributed by atoms with van der Waals surface area (Å²) < 4.78 is 38.4. The second-order valence-corrected chi connectivity index (χ2v) is 4.50. The van der Waals surface area contributed by atoms with Crippen LogP contribution in [0.4, 0.5) is 24.5 Å². The smallest absolute Gasteiger partial charge is 0.393 e. The van der Waals surface area contributed by atoms with Crippen molar-refractivity contribution in [2.45, 2.75) is 12.7 Å². The van der Waals surface area contributed by atoms with Crippen LogP contribution in [0.2, 0.25) is 0 Å². The quantitative estimate of drug-likeness (QED) is 0.696. The first kappa shape index (κ1) is 15.5. The highest BCUT2D eigenvalue weighted by atomic mass is 19.4. The molecule has 116 valence electrons. The van der Waals surface area contributed by atoms with Crippen molar-refractivity contribution < 1.29 is 18.1 Å². The number of rotatable bonds is 3. The van der Waals surface area contributed by atoms with Crippen molar-refractivity contribution in [3.8, 4) is 0 Å². The molecule has 2 rings (SSSR count). The molecule has 0 saturated carbocycles. The van der Waals surface area contributed by atoms with Crippen LogP contribution in [-0.2, 0) is 12.7 Å². The number of aromatic nitrogens is 1. The van der Waals surface area contributed by atoms with Crippen molar-refractivity contribution in [2.75, 3.05) is 5.73 Å². The van der Waals surface area contributed by atoms with Crippen LogP contribution in [-0.4, -0.2) is 9.49 Å². The number of nitrogens with zero attached hydrogens (tertiary/aromatic N) is 2. The highest BCUT2D eigenvalue weighted by molar-refractivity contribution is 5.55. The number of nitro groups is 1. The molecule has 0 saturated heterocycles. The molecule has 22 heavy (non-hydrogen) atoms. The van der Waals surface area contributed by atoms with E-state index in [1.54, 1.807) is 0 Å². The van der Waals surface area contributed by atoms with E-state index in [0.29, 0.717) is 5.56 Å². The Morgan fingerprint density at radius 2 is 1.77 bits per heavy atom. The van der Waals surface area contributed by atoms with Gasteiger partial charge >= 0.3 is 17.4 Å². The predicted octanol–water partition coefficient (Wildman–Crippen LogP) is 2.41. The number of anilines is 1. The van der Waals surface area contributed by atoms with Gasteiger partial charge in [-0.15, -0.1) is 0 Å². The maximum Gasteiger partial charge on any atom is 0.416 e. The third-order valence-corrected chi connectivity index (χ3v) is 2.99. The molecule has 1 heterocycles. The third kappa shape index (κ3) is 3.08. The van der Waals surface area contributed by atoms with E-state index in [1.165, 1.54) is 24.4 Å². The Morgan fingerprint density at radius 3 is 2.27 bits per heavy atom. The molecule has 0 unspecified atom stereocenters. The minimum absolute atomic E-state index is 0.0991. The van der Waals surface area contributed by atoms with Gasteiger partial charge in [0.25, 0.3) is 0 Å². The molecule has 9 heteroatoms. The Bertz CT molecular complexity index is 767. The van der Waals surface area contributed by atoms with Gasteiger partial charge in [-0.2, -0.15) is 13.2 Å². The average molecular weight is 313 g/mol. The Labute approximate surface area is 121 Å². The van der Waals surface area contributed by atoms with Gasteiger partial charge in [-0.05, 0) is 23.8 Å². The van der Waals surface area contributed by atoms with E-state index in [-0.39, 0.29) is 12.2 Å². The summed E-state index contributed by atoms with van der Waals surface area (Å²) in [4.78, 5) is 21.8. The summed E-state index contributed by atoms with van der Waals surface area (Å²) in [6.45, 7) is -0.0991. The van der Waals surface area contributed by atoms with Crippen LogP contribution in [0.25, 0.3) is 0 Å². The zero-order valence-electron chi connectivity index (χ0n) is 11.0. The van der Waals surface area contributed by atoms with Gasteiger partial charge in [0.1, 0.15) is 5.69 Å². The summed E-state index contributed by atoms with van der Waals surface area (Å²) in [5.74, 6) is 0. The van der Waals surface area contributed by atoms with E-state index in [4.69, 9.17) is 5.73 Å². The molecular formula is C13H10F3N3O3. The van der Waals surface area contributed by atoms with Crippen LogP contribution in [0.1, 0.15) is 11.1 Å². The van der Waals surface area contributed by atoms with Crippen LogP contribution < -0.4 is 11.3 Å². The second kappa shape index (κ2) is 5.51. The van der Waals surface area contributed by atoms with Gasteiger partial charge < -0.3 is 10.3 Å². The van der Waals surface area contributed by atoms with E-state index >= 15 is 0 Å². The highest BCUT2D eigenvalue weighted by Crippen LogP contribution is 2.29. The lowest BCUT2D eigenvalue weighted by molar-refractivity contribution is -0.385. The molecule has 1 aromatic carbocycles. The summed E-state index contributed by atoms with van der Waals surface area (Å²) in [6, 6.07) is 5.37. The lowest BCUT2D eigenvalue weighted by atomic mass is 10.1. The first-order valence-electron chi connectivity index (χ1n) is 5.99. The number of nitrogen functional groups attached to an aromatic ring is 1. The molecule has 0 bridgehead atoms. The molecule has 2 N–H and O–H groups in total. The van der Waals surface area contributed by atoms with Gasteiger partial charge in [-0.1, -0.05) is 12.1 Å². The Balaban J connectivity index is 2.34. The largest absolute Gasteiger partial charge is 0.416 e. The number of alkyl halides is 3. The number of hydrogen-bond acceptors (Lipinski definition) is 4. The maximum absolute atomic E-state index is 12.5. The van der Waals surface area contributed by atoms with Crippen LogP contribution in [0.15, 0.2) is 41.3 Å². The fourth-order valence-electron chi connectivity index (χ4n) is 1.88. The molecule has 1 aromatic heterocycles. The van der Waals surface area contributed by atoms with Crippen LogP contribution in [0, 0.1) is 10.1 Å². The van der Waals surface area contributed by atoms with Crippen molar-refractivity contribution in [1.82, 2.24) is 4.57 Å². The fourth-order valence-corrected chi connectivity index (χ4v) is 1.88. The average Bonchev–Trinajstić information content (AvgIpc) is 2.41. The van der Waals surface area contributed by atoms with Crippen molar-refractivity contribution in [1.29, 1.82) is 0 Å². The maximum atomic E-state index is 12.5. The van der Waals surface area contributed by atoms with E-state index in [1.807, 2.05) is 0 Å². The van der Waals surface area contributed by atoms with Crippen molar-refractivity contribution in [3.63, 3.8) is 0 Å². The minimum Gasteiger partial charge on any atom is -0.393 e. The van der Waals surface area contributed by atoms with Crippen LogP contribution in [0.3, 0.4) is 0 Å².